The monoisotopic (exact) mass is 354 g/mol. The van der Waals surface area contributed by atoms with Crippen LogP contribution in [0.25, 0.3) is 0 Å². The Morgan fingerprint density at radius 3 is 2.12 bits per heavy atom. The van der Waals surface area contributed by atoms with Crippen LogP contribution in [0.3, 0.4) is 0 Å². The zero-order valence-corrected chi connectivity index (χ0v) is 13.9. The van der Waals surface area contributed by atoms with Gasteiger partial charge in [0.2, 0.25) is 0 Å². The van der Waals surface area contributed by atoms with Crippen molar-refractivity contribution in [2.45, 2.75) is 6.18 Å². The van der Waals surface area contributed by atoms with E-state index >= 15 is 0 Å². The number of anilines is 4. The quantitative estimate of drug-likeness (QED) is 0.571. The number of alkyl halides is 3. The molecule has 0 aromatic heterocycles. The molecule has 4 N–H and O–H groups in total. The van der Waals surface area contributed by atoms with Crippen LogP contribution in [-0.4, -0.2) is 19.2 Å². The van der Waals surface area contributed by atoms with Crippen LogP contribution >= 0.6 is 12.2 Å². The van der Waals surface area contributed by atoms with E-state index in [9.17, 15) is 13.2 Å². The molecule has 4 nitrogen and oxygen atoms in total. The molecule has 0 aliphatic carbocycles. The summed E-state index contributed by atoms with van der Waals surface area (Å²) in [5.74, 6) is 0. The minimum atomic E-state index is -4.44. The maximum absolute atomic E-state index is 13.0. The maximum atomic E-state index is 13.0. The van der Waals surface area contributed by atoms with Crippen LogP contribution in [-0.2, 0) is 6.18 Å². The topological polar surface area (TPSA) is 53.3 Å². The van der Waals surface area contributed by atoms with Gasteiger partial charge in [0.25, 0.3) is 0 Å². The molecule has 0 fully saturated rings. The Bertz CT molecular complexity index is 727. The first kappa shape index (κ1) is 17.9. The molecule has 24 heavy (non-hydrogen) atoms. The van der Waals surface area contributed by atoms with Gasteiger partial charge < -0.3 is 21.3 Å². The molecule has 0 saturated heterocycles. The average molecular weight is 354 g/mol. The molecule has 0 aliphatic heterocycles. The van der Waals surface area contributed by atoms with Gasteiger partial charge in [-0.05, 0) is 54.7 Å². The lowest BCUT2D eigenvalue weighted by Crippen LogP contribution is -2.20. The number of thiocarbonyl (C=S) groups is 1. The zero-order valence-electron chi connectivity index (χ0n) is 13.1. The molecule has 0 atom stereocenters. The van der Waals surface area contributed by atoms with Gasteiger partial charge >= 0.3 is 6.18 Å². The number of hydrogen-bond acceptors (Lipinski definition) is 3. The normalized spacial score (nSPS) is 11.0. The van der Waals surface area contributed by atoms with Crippen LogP contribution in [0, 0.1) is 0 Å². The Morgan fingerprint density at radius 1 is 1.00 bits per heavy atom. The molecule has 2 rings (SSSR count). The smallest absolute Gasteiger partial charge is 0.399 e. The lowest BCUT2D eigenvalue weighted by Gasteiger charge is -2.18. The fourth-order valence-electron chi connectivity index (χ4n) is 1.97. The van der Waals surface area contributed by atoms with Crippen LogP contribution < -0.4 is 21.3 Å². The Balaban J connectivity index is 2.20. The van der Waals surface area contributed by atoms with E-state index in [1.54, 1.807) is 49.3 Å². The fraction of sp³-hybridized carbons (Fsp3) is 0.188. The highest BCUT2D eigenvalue weighted by Gasteiger charge is 2.31. The average Bonchev–Trinajstić information content (AvgIpc) is 2.48. The first-order valence-corrected chi connectivity index (χ1v) is 7.39. The van der Waals surface area contributed by atoms with Gasteiger partial charge in [0.15, 0.2) is 5.11 Å². The van der Waals surface area contributed by atoms with Crippen molar-refractivity contribution < 1.29 is 13.2 Å². The second kappa shape index (κ2) is 6.96. The molecule has 2 aromatic carbocycles. The maximum Gasteiger partial charge on any atom is 0.416 e. The van der Waals surface area contributed by atoms with Gasteiger partial charge in [0, 0.05) is 36.8 Å². The summed E-state index contributed by atoms with van der Waals surface area (Å²) in [6.07, 6.45) is -4.44. The van der Waals surface area contributed by atoms with Crippen molar-refractivity contribution in [1.82, 2.24) is 0 Å². The van der Waals surface area contributed by atoms with E-state index in [0.29, 0.717) is 17.1 Å². The molecule has 0 amide bonds. The summed E-state index contributed by atoms with van der Waals surface area (Å²) in [6.45, 7) is 0. The second-order valence-electron chi connectivity index (χ2n) is 5.36. The first-order chi connectivity index (χ1) is 11.1. The number of halogens is 3. The standard InChI is InChI=1S/C16H17F3N4S/c1-23(2)14-8-10(16(17,18)19)7-13(9-14)22-15(24)21-12-5-3-11(20)4-6-12/h3-9H,20H2,1-2H3,(H2,21,22,24). The Morgan fingerprint density at radius 2 is 1.58 bits per heavy atom. The highest BCUT2D eigenvalue weighted by atomic mass is 32.1. The van der Waals surface area contributed by atoms with Crippen molar-refractivity contribution in [3.8, 4) is 0 Å². The molecule has 0 unspecified atom stereocenters. The Kier molecular flexibility index (Phi) is 5.18. The highest BCUT2D eigenvalue weighted by molar-refractivity contribution is 7.80. The molecular weight excluding hydrogens is 337 g/mol. The predicted octanol–water partition coefficient (Wildman–Crippen LogP) is 4.16. The summed E-state index contributed by atoms with van der Waals surface area (Å²) in [5.41, 5.74) is 6.81. The number of nitrogens with one attached hydrogen (secondary N) is 2. The predicted molar refractivity (Wildman–Crippen MR) is 96.5 cm³/mol. The number of benzene rings is 2. The third kappa shape index (κ3) is 4.76. The summed E-state index contributed by atoms with van der Waals surface area (Å²) >= 11 is 5.15. The summed E-state index contributed by atoms with van der Waals surface area (Å²) in [6, 6.07) is 10.5. The minimum absolute atomic E-state index is 0.184. The lowest BCUT2D eigenvalue weighted by molar-refractivity contribution is -0.137. The van der Waals surface area contributed by atoms with Crippen LogP contribution in [0.15, 0.2) is 42.5 Å². The van der Waals surface area contributed by atoms with E-state index in [1.165, 1.54) is 0 Å². The van der Waals surface area contributed by atoms with Gasteiger partial charge in [-0.1, -0.05) is 0 Å². The molecule has 0 bridgehead atoms. The summed E-state index contributed by atoms with van der Waals surface area (Å²) in [7, 11) is 3.34. The zero-order chi connectivity index (χ0) is 17.9. The molecular formula is C16H17F3N4S. The molecule has 0 aliphatic rings. The van der Waals surface area contributed by atoms with E-state index in [2.05, 4.69) is 10.6 Å². The van der Waals surface area contributed by atoms with Crippen LogP contribution in [0.2, 0.25) is 0 Å². The van der Waals surface area contributed by atoms with Crippen molar-refractivity contribution in [3.05, 3.63) is 48.0 Å². The van der Waals surface area contributed by atoms with Gasteiger partial charge in [-0.15, -0.1) is 0 Å². The van der Waals surface area contributed by atoms with Gasteiger partial charge in [0.05, 0.1) is 5.56 Å². The fourth-order valence-corrected chi connectivity index (χ4v) is 2.20. The number of nitrogen functional groups attached to an aromatic ring is 1. The van der Waals surface area contributed by atoms with Crippen molar-refractivity contribution in [2.24, 2.45) is 0 Å². The third-order valence-corrected chi connectivity index (χ3v) is 3.39. The van der Waals surface area contributed by atoms with Crippen LogP contribution in [0.4, 0.5) is 35.9 Å². The molecule has 2 aromatic rings. The third-order valence-electron chi connectivity index (χ3n) is 3.19. The number of rotatable bonds is 3. The van der Waals surface area contributed by atoms with E-state index in [-0.39, 0.29) is 10.8 Å². The largest absolute Gasteiger partial charge is 0.416 e. The van der Waals surface area contributed by atoms with Gasteiger partial charge in [0.1, 0.15) is 0 Å². The molecule has 0 saturated carbocycles. The van der Waals surface area contributed by atoms with E-state index in [0.717, 1.165) is 12.1 Å². The summed E-state index contributed by atoms with van der Waals surface area (Å²) in [4.78, 5) is 1.59. The lowest BCUT2D eigenvalue weighted by atomic mass is 10.1. The first-order valence-electron chi connectivity index (χ1n) is 6.98. The van der Waals surface area contributed by atoms with Gasteiger partial charge in [-0.3, -0.25) is 0 Å². The van der Waals surface area contributed by atoms with Crippen molar-refractivity contribution in [1.29, 1.82) is 0 Å². The molecule has 8 heteroatoms. The van der Waals surface area contributed by atoms with E-state index < -0.39 is 11.7 Å². The molecule has 128 valence electrons. The number of nitrogens with two attached hydrogens (primary N) is 1. The van der Waals surface area contributed by atoms with Crippen molar-refractivity contribution >= 4 is 40.1 Å². The van der Waals surface area contributed by atoms with Gasteiger partial charge in [-0.25, -0.2) is 0 Å². The van der Waals surface area contributed by atoms with Crippen LogP contribution in [0.5, 0.6) is 0 Å². The minimum Gasteiger partial charge on any atom is -0.399 e. The van der Waals surface area contributed by atoms with Crippen LogP contribution in [0.1, 0.15) is 5.56 Å². The number of nitrogens with zero attached hydrogens (tertiary/aromatic N) is 1. The second-order valence-corrected chi connectivity index (χ2v) is 5.77. The van der Waals surface area contributed by atoms with E-state index in [1.807, 2.05) is 0 Å². The van der Waals surface area contributed by atoms with Gasteiger partial charge in [-0.2, -0.15) is 13.2 Å². The van der Waals surface area contributed by atoms with E-state index in [4.69, 9.17) is 18.0 Å². The molecule has 0 heterocycles. The van der Waals surface area contributed by atoms with Crippen molar-refractivity contribution in [2.75, 3.05) is 35.4 Å². The summed E-state index contributed by atoms with van der Waals surface area (Å²) < 4.78 is 39.1. The SMILES string of the molecule is CN(C)c1cc(NC(=S)Nc2ccc(N)cc2)cc(C(F)(F)F)c1. The summed E-state index contributed by atoms with van der Waals surface area (Å²) in [5, 5.41) is 5.85. The molecule has 0 spiro atoms. The Labute approximate surface area is 143 Å². The molecule has 0 radical (unpaired) electrons. The van der Waals surface area contributed by atoms with Crippen molar-refractivity contribution in [3.63, 3.8) is 0 Å². The highest BCUT2D eigenvalue weighted by Crippen LogP contribution is 2.34. The Hall–Kier alpha value is -2.48. The number of hydrogen-bond donors (Lipinski definition) is 3.